The first-order chi connectivity index (χ1) is 12.4. The number of aryl methyl sites for hydroxylation is 1. The van der Waals surface area contributed by atoms with Crippen LogP contribution in [0.5, 0.6) is 5.75 Å². The smallest absolute Gasteiger partial charge is 0.339 e. The molecule has 2 aromatic rings. The zero-order valence-electron chi connectivity index (χ0n) is 14.8. The van der Waals surface area contributed by atoms with Crippen LogP contribution in [-0.2, 0) is 16.0 Å². The van der Waals surface area contributed by atoms with Gasteiger partial charge >= 0.3 is 11.6 Å². The van der Waals surface area contributed by atoms with Crippen molar-refractivity contribution in [1.82, 2.24) is 4.90 Å². The van der Waals surface area contributed by atoms with Crippen molar-refractivity contribution >= 4 is 22.8 Å². The molecule has 0 saturated carbocycles. The van der Waals surface area contributed by atoms with E-state index in [4.69, 9.17) is 14.3 Å². The van der Waals surface area contributed by atoms with Gasteiger partial charge in [0.15, 0.2) is 0 Å². The number of benzene rings is 1. The summed E-state index contributed by atoms with van der Waals surface area (Å²) in [5, 5.41) is 9.84. The zero-order valence-corrected chi connectivity index (χ0v) is 14.8. The lowest BCUT2D eigenvalue weighted by Gasteiger charge is -2.16. The molecule has 0 radical (unpaired) electrons. The molecule has 7 nitrogen and oxygen atoms in total. The van der Waals surface area contributed by atoms with E-state index in [-0.39, 0.29) is 25.3 Å². The van der Waals surface area contributed by atoms with Crippen LogP contribution in [0.15, 0.2) is 27.4 Å². The van der Waals surface area contributed by atoms with E-state index in [0.29, 0.717) is 29.9 Å². The van der Waals surface area contributed by atoms with Crippen molar-refractivity contribution < 1.29 is 23.8 Å². The van der Waals surface area contributed by atoms with Crippen LogP contribution >= 0.6 is 0 Å². The van der Waals surface area contributed by atoms with Crippen molar-refractivity contribution in [3.8, 4) is 5.75 Å². The van der Waals surface area contributed by atoms with Gasteiger partial charge in [-0.2, -0.15) is 0 Å². The van der Waals surface area contributed by atoms with Crippen molar-refractivity contribution in [2.45, 2.75) is 26.2 Å². The number of carboxylic acids is 1. The molecule has 0 bridgehead atoms. The molecule has 1 fully saturated rings. The Morgan fingerprint density at radius 3 is 2.81 bits per heavy atom. The normalized spacial score (nSPS) is 16.8. The molecule has 1 N–H and O–H groups in total. The number of carbonyl (C=O) groups excluding carboxylic acids is 1. The van der Waals surface area contributed by atoms with Crippen LogP contribution in [0.2, 0.25) is 0 Å². The number of nitrogens with zero attached hydrogens (tertiary/aromatic N) is 1. The maximum Gasteiger partial charge on any atom is 0.339 e. The number of rotatable bonds is 5. The summed E-state index contributed by atoms with van der Waals surface area (Å²) in [6.07, 6.45) is 0.892. The topological polar surface area (TPSA) is 97.0 Å². The number of aliphatic carboxylic acids is 1. The average Bonchev–Trinajstić information content (AvgIpc) is 3.11. The van der Waals surface area contributed by atoms with Gasteiger partial charge in [-0.15, -0.1) is 0 Å². The molecule has 2 heterocycles. The zero-order chi connectivity index (χ0) is 18.8. The van der Waals surface area contributed by atoms with Gasteiger partial charge in [-0.25, -0.2) is 4.79 Å². The van der Waals surface area contributed by atoms with E-state index < -0.39 is 17.5 Å². The molecule has 1 saturated heterocycles. The van der Waals surface area contributed by atoms with E-state index in [1.165, 1.54) is 0 Å². The maximum atomic E-state index is 12.3. The summed E-state index contributed by atoms with van der Waals surface area (Å²) in [6.45, 7) is 2.52. The average molecular weight is 359 g/mol. The van der Waals surface area contributed by atoms with Gasteiger partial charge in [-0.05, 0) is 37.5 Å². The van der Waals surface area contributed by atoms with E-state index in [0.717, 1.165) is 10.9 Å². The SMILES string of the molecule is COc1ccc2c(C)c(CCC(=O)N3CCC(C(=O)O)C3)c(=O)oc2c1. The summed E-state index contributed by atoms with van der Waals surface area (Å²) in [6, 6.07) is 5.28. The van der Waals surface area contributed by atoms with Crippen molar-refractivity contribution in [3.05, 3.63) is 39.7 Å². The van der Waals surface area contributed by atoms with Gasteiger partial charge in [0.25, 0.3) is 0 Å². The summed E-state index contributed by atoms with van der Waals surface area (Å²) in [5.74, 6) is -0.907. The minimum Gasteiger partial charge on any atom is -0.497 e. The van der Waals surface area contributed by atoms with Gasteiger partial charge in [0.2, 0.25) is 5.91 Å². The van der Waals surface area contributed by atoms with Gasteiger partial charge < -0.3 is 19.2 Å². The quantitative estimate of drug-likeness (QED) is 0.820. The lowest BCUT2D eigenvalue weighted by molar-refractivity contribution is -0.141. The second-order valence-electron chi connectivity index (χ2n) is 6.52. The standard InChI is InChI=1S/C19H21NO6/c1-11-14-4-3-13(25-2)9-16(14)26-19(24)15(11)5-6-17(21)20-8-7-12(10-20)18(22)23/h3-4,9,12H,5-8,10H2,1-2H3,(H,22,23). The van der Waals surface area contributed by atoms with E-state index in [1.807, 2.05) is 13.0 Å². The highest BCUT2D eigenvalue weighted by molar-refractivity contribution is 5.83. The summed E-state index contributed by atoms with van der Waals surface area (Å²) in [4.78, 5) is 37.2. The first-order valence-corrected chi connectivity index (χ1v) is 8.51. The lowest BCUT2D eigenvalue weighted by atomic mass is 10.0. The third-order valence-corrected chi connectivity index (χ3v) is 4.97. The van der Waals surface area contributed by atoms with E-state index in [1.54, 1.807) is 24.1 Å². The Kier molecular flexibility index (Phi) is 4.97. The van der Waals surface area contributed by atoms with Gasteiger partial charge in [0.05, 0.1) is 13.0 Å². The Bertz CT molecular complexity index is 916. The first-order valence-electron chi connectivity index (χ1n) is 8.51. The maximum absolute atomic E-state index is 12.3. The number of carboxylic acid groups (broad SMARTS) is 1. The van der Waals surface area contributed by atoms with Crippen LogP contribution in [-0.4, -0.2) is 42.1 Å². The van der Waals surface area contributed by atoms with Crippen molar-refractivity contribution in [2.75, 3.05) is 20.2 Å². The summed E-state index contributed by atoms with van der Waals surface area (Å²) in [5.41, 5.74) is 1.26. The second kappa shape index (κ2) is 7.19. The lowest BCUT2D eigenvalue weighted by Crippen LogP contribution is -2.30. The Labute approximate surface area is 150 Å². The van der Waals surface area contributed by atoms with Crippen LogP contribution in [0.25, 0.3) is 11.0 Å². The fourth-order valence-electron chi connectivity index (χ4n) is 3.37. The highest BCUT2D eigenvalue weighted by atomic mass is 16.5. The number of methoxy groups -OCH3 is 1. The number of ether oxygens (including phenoxy) is 1. The number of amides is 1. The van der Waals surface area contributed by atoms with Crippen molar-refractivity contribution in [2.24, 2.45) is 5.92 Å². The molecule has 1 aromatic heterocycles. The van der Waals surface area contributed by atoms with Crippen LogP contribution in [0.1, 0.15) is 24.0 Å². The Morgan fingerprint density at radius 1 is 1.38 bits per heavy atom. The third kappa shape index (κ3) is 3.42. The van der Waals surface area contributed by atoms with Gasteiger partial charge in [-0.3, -0.25) is 9.59 Å². The fraction of sp³-hybridized carbons (Fsp3) is 0.421. The van der Waals surface area contributed by atoms with Gasteiger partial charge in [0, 0.05) is 36.5 Å². The molecule has 1 aromatic carbocycles. The number of carbonyl (C=O) groups is 2. The van der Waals surface area contributed by atoms with Gasteiger partial charge in [-0.1, -0.05) is 0 Å². The molecular formula is C19H21NO6. The van der Waals surface area contributed by atoms with Crippen molar-refractivity contribution in [1.29, 1.82) is 0 Å². The molecule has 26 heavy (non-hydrogen) atoms. The Hall–Kier alpha value is -2.83. The van der Waals surface area contributed by atoms with Crippen molar-refractivity contribution in [3.63, 3.8) is 0 Å². The summed E-state index contributed by atoms with van der Waals surface area (Å²) >= 11 is 0. The molecule has 1 unspecified atom stereocenters. The Balaban J connectivity index is 1.76. The monoisotopic (exact) mass is 359 g/mol. The highest BCUT2D eigenvalue weighted by Crippen LogP contribution is 2.25. The van der Waals surface area contributed by atoms with Crippen LogP contribution in [0.3, 0.4) is 0 Å². The first kappa shape index (κ1) is 18.0. The molecule has 0 spiro atoms. The second-order valence-corrected chi connectivity index (χ2v) is 6.52. The minimum absolute atomic E-state index is 0.137. The fourth-order valence-corrected chi connectivity index (χ4v) is 3.37. The number of hydrogen-bond donors (Lipinski definition) is 1. The van der Waals surface area contributed by atoms with Crippen LogP contribution in [0, 0.1) is 12.8 Å². The molecule has 138 valence electrons. The molecule has 1 aliphatic heterocycles. The molecule has 1 aliphatic rings. The molecule has 0 aliphatic carbocycles. The molecule has 7 heteroatoms. The number of hydrogen-bond acceptors (Lipinski definition) is 5. The number of likely N-dealkylation sites (tertiary alicyclic amines) is 1. The molecular weight excluding hydrogens is 338 g/mol. The number of fused-ring (bicyclic) bond motifs is 1. The minimum atomic E-state index is -0.873. The summed E-state index contributed by atoms with van der Waals surface area (Å²) < 4.78 is 10.5. The predicted molar refractivity (Wildman–Crippen MR) is 94.4 cm³/mol. The molecule has 3 rings (SSSR count). The highest BCUT2D eigenvalue weighted by Gasteiger charge is 2.30. The van der Waals surface area contributed by atoms with E-state index in [2.05, 4.69) is 0 Å². The predicted octanol–water partition coefficient (Wildman–Crippen LogP) is 1.98. The molecule has 1 atom stereocenters. The summed E-state index contributed by atoms with van der Waals surface area (Å²) in [7, 11) is 1.54. The Morgan fingerprint density at radius 2 is 2.15 bits per heavy atom. The van der Waals surface area contributed by atoms with Gasteiger partial charge in [0.1, 0.15) is 11.3 Å². The van der Waals surface area contributed by atoms with Crippen LogP contribution in [0.4, 0.5) is 0 Å². The van der Waals surface area contributed by atoms with E-state index in [9.17, 15) is 14.4 Å². The van der Waals surface area contributed by atoms with E-state index >= 15 is 0 Å². The molecule has 1 amide bonds. The van der Waals surface area contributed by atoms with Crippen LogP contribution < -0.4 is 10.4 Å². The third-order valence-electron chi connectivity index (χ3n) is 4.97. The largest absolute Gasteiger partial charge is 0.497 e.